The van der Waals surface area contributed by atoms with Crippen LogP contribution in [0.25, 0.3) is 4.85 Å². The molecule has 3 aliphatic heterocycles. The summed E-state index contributed by atoms with van der Waals surface area (Å²) >= 11 is 0. The van der Waals surface area contributed by atoms with Gasteiger partial charge in [0.05, 0.1) is 36.7 Å². The number of piperazine rings is 1. The van der Waals surface area contributed by atoms with Crippen molar-refractivity contribution < 1.29 is 22.7 Å². The highest BCUT2D eigenvalue weighted by Crippen LogP contribution is 2.39. The molecule has 3 saturated heterocycles. The first-order valence-corrected chi connectivity index (χ1v) is 14.7. The number of pyridine rings is 1. The predicted molar refractivity (Wildman–Crippen MR) is 156 cm³/mol. The Balaban J connectivity index is 1.05. The number of nitrogens with zero attached hydrogens (tertiary/aromatic N) is 5. The number of rotatable bonds is 8. The highest BCUT2D eigenvalue weighted by Gasteiger charge is 2.34. The number of nitrogens with one attached hydrogen (secondary N) is 2. The van der Waals surface area contributed by atoms with E-state index in [0.29, 0.717) is 43.5 Å². The van der Waals surface area contributed by atoms with Crippen LogP contribution in [0.1, 0.15) is 31.2 Å². The monoisotopic (exact) mass is 585 g/mol. The molecule has 2 aromatic rings. The van der Waals surface area contributed by atoms with Crippen molar-refractivity contribution in [3.63, 3.8) is 0 Å². The number of aromatic nitrogens is 1. The third-order valence-electron chi connectivity index (χ3n) is 8.42. The van der Waals surface area contributed by atoms with Crippen LogP contribution in [0, 0.1) is 12.5 Å². The molecule has 12 heteroatoms. The summed E-state index contributed by atoms with van der Waals surface area (Å²) in [6, 6.07) is 7.58. The molecule has 0 bridgehead atoms. The molecule has 0 atom stereocenters. The van der Waals surface area contributed by atoms with Crippen molar-refractivity contribution in [1.29, 1.82) is 0 Å². The lowest BCUT2D eigenvalue weighted by Crippen LogP contribution is -2.47. The maximum atomic E-state index is 13.4. The maximum Gasteiger partial charge on any atom is 0.407 e. The summed E-state index contributed by atoms with van der Waals surface area (Å²) < 4.78 is 46.1. The van der Waals surface area contributed by atoms with E-state index in [-0.39, 0.29) is 11.8 Å². The number of hydrogen-bond donors (Lipinski definition) is 2. The number of carbonyl (C=O) groups is 1. The highest BCUT2D eigenvalue weighted by molar-refractivity contribution is 5.92. The number of alkyl halides is 3. The topological polar surface area (TPSA) is 77.3 Å². The van der Waals surface area contributed by atoms with Crippen LogP contribution in [0.2, 0.25) is 0 Å². The Morgan fingerprint density at radius 1 is 1.00 bits per heavy atom. The van der Waals surface area contributed by atoms with Gasteiger partial charge in [-0.1, -0.05) is 6.07 Å². The SMILES string of the molecule is [C-]#[N+]c1ccc(N2CCC(C(=O)Nc3ccc(N4CCN(CCOC5CCNCC5)CC4)cn3)CC2)cc1C(F)(F)F. The molecule has 3 fully saturated rings. The van der Waals surface area contributed by atoms with Gasteiger partial charge >= 0.3 is 6.18 Å². The Hall–Kier alpha value is -3.40. The molecule has 2 N–H and O–H groups in total. The van der Waals surface area contributed by atoms with E-state index in [9.17, 15) is 18.0 Å². The van der Waals surface area contributed by atoms with Crippen LogP contribution in [0.5, 0.6) is 0 Å². The van der Waals surface area contributed by atoms with E-state index >= 15 is 0 Å². The minimum Gasteiger partial charge on any atom is -0.377 e. The summed E-state index contributed by atoms with van der Waals surface area (Å²) in [5.74, 6) is 0.109. The van der Waals surface area contributed by atoms with Crippen molar-refractivity contribution in [3.8, 4) is 0 Å². The maximum absolute atomic E-state index is 13.4. The van der Waals surface area contributed by atoms with Crippen molar-refractivity contribution in [3.05, 3.63) is 53.5 Å². The molecule has 0 unspecified atom stereocenters. The van der Waals surface area contributed by atoms with E-state index in [1.54, 1.807) is 12.3 Å². The van der Waals surface area contributed by atoms with Crippen molar-refractivity contribution in [2.45, 2.75) is 38.0 Å². The smallest absolute Gasteiger partial charge is 0.377 e. The van der Waals surface area contributed by atoms with E-state index < -0.39 is 17.4 Å². The quantitative estimate of drug-likeness (QED) is 0.445. The fourth-order valence-corrected chi connectivity index (χ4v) is 5.86. The zero-order chi connectivity index (χ0) is 29.5. The second kappa shape index (κ2) is 13.7. The van der Waals surface area contributed by atoms with Crippen LogP contribution in [-0.4, -0.2) is 87.4 Å². The Kier molecular flexibility index (Phi) is 9.82. The lowest BCUT2D eigenvalue weighted by atomic mass is 9.95. The summed E-state index contributed by atoms with van der Waals surface area (Å²) in [5, 5.41) is 6.26. The molecule has 3 aliphatic rings. The Morgan fingerprint density at radius 2 is 1.69 bits per heavy atom. The molecule has 0 aliphatic carbocycles. The largest absolute Gasteiger partial charge is 0.407 e. The number of amides is 1. The van der Waals surface area contributed by atoms with Crippen LogP contribution >= 0.6 is 0 Å². The molecule has 5 rings (SSSR count). The van der Waals surface area contributed by atoms with Gasteiger partial charge in [-0.3, -0.25) is 9.69 Å². The van der Waals surface area contributed by atoms with E-state index in [0.717, 1.165) is 77.0 Å². The van der Waals surface area contributed by atoms with Gasteiger partial charge in [0.1, 0.15) is 5.82 Å². The van der Waals surface area contributed by atoms with Crippen LogP contribution in [0.4, 0.5) is 36.1 Å². The van der Waals surface area contributed by atoms with Gasteiger partial charge in [-0.25, -0.2) is 9.83 Å². The van der Waals surface area contributed by atoms with Gasteiger partial charge in [-0.2, -0.15) is 13.2 Å². The summed E-state index contributed by atoms with van der Waals surface area (Å²) in [5.41, 5.74) is 0.102. The standard InChI is InChI=1S/C30H38F3N7O2/c1-34-27-4-2-23(20-26(27)30(31,32)33)39-12-8-22(9-13-39)29(41)37-28-5-3-24(21-36-28)40-16-14-38(15-17-40)18-19-42-25-6-10-35-11-7-25/h2-5,20-22,25,35H,6-19H2,(H,36,37,41). The molecule has 0 radical (unpaired) electrons. The van der Waals surface area contributed by atoms with Crippen molar-refractivity contribution in [1.82, 2.24) is 15.2 Å². The first-order valence-electron chi connectivity index (χ1n) is 14.7. The van der Waals surface area contributed by atoms with E-state index in [1.165, 1.54) is 6.07 Å². The lowest BCUT2D eigenvalue weighted by Gasteiger charge is -2.36. The Morgan fingerprint density at radius 3 is 2.33 bits per heavy atom. The van der Waals surface area contributed by atoms with Crippen LogP contribution < -0.4 is 20.4 Å². The zero-order valence-corrected chi connectivity index (χ0v) is 23.7. The van der Waals surface area contributed by atoms with Crippen molar-refractivity contribution in [2.24, 2.45) is 5.92 Å². The van der Waals surface area contributed by atoms with Gasteiger partial charge in [-0.15, -0.1) is 0 Å². The number of carbonyl (C=O) groups excluding carboxylic acids is 1. The number of halogens is 3. The fraction of sp³-hybridized carbons (Fsp3) is 0.567. The fourth-order valence-electron chi connectivity index (χ4n) is 5.86. The number of anilines is 3. The number of ether oxygens (including phenoxy) is 1. The molecule has 226 valence electrons. The first kappa shape index (κ1) is 30.1. The third-order valence-corrected chi connectivity index (χ3v) is 8.42. The van der Waals surface area contributed by atoms with E-state index in [1.807, 2.05) is 17.0 Å². The summed E-state index contributed by atoms with van der Waals surface area (Å²) in [6.45, 7) is 15.5. The molecule has 0 spiro atoms. The van der Waals surface area contributed by atoms with Gasteiger partial charge in [0.25, 0.3) is 0 Å². The molecule has 42 heavy (non-hydrogen) atoms. The zero-order valence-electron chi connectivity index (χ0n) is 23.7. The molecule has 9 nitrogen and oxygen atoms in total. The van der Waals surface area contributed by atoms with Crippen molar-refractivity contribution in [2.75, 3.05) is 80.6 Å². The summed E-state index contributed by atoms with van der Waals surface area (Å²) in [4.78, 5) is 26.9. The molecular formula is C30H38F3N7O2. The van der Waals surface area contributed by atoms with E-state index in [4.69, 9.17) is 11.3 Å². The highest BCUT2D eigenvalue weighted by atomic mass is 19.4. The minimum atomic E-state index is -4.59. The van der Waals surface area contributed by atoms with Crippen LogP contribution in [0.15, 0.2) is 36.5 Å². The van der Waals surface area contributed by atoms with Gasteiger partial charge in [-0.05, 0) is 63.0 Å². The van der Waals surface area contributed by atoms with Crippen LogP contribution in [-0.2, 0) is 15.7 Å². The summed E-state index contributed by atoms with van der Waals surface area (Å²) in [7, 11) is 0. The van der Waals surface area contributed by atoms with E-state index in [2.05, 4.69) is 30.3 Å². The molecule has 0 saturated carbocycles. The molecule has 1 aromatic heterocycles. The minimum absolute atomic E-state index is 0.130. The second-order valence-corrected chi connectivity index (χ2v) is 11.1. The average molecular weight is 586 g/mol. The molecular weight excluding hydrogens is 547 g/mol. The first-order chi connectivity index (χ1) is 20.3. The predicted octanol–water partition coefficient (Wildman–Crippen LogP) is 4.40. The third kappa shape index (κ3) is 7.70. The van der Waals surface area contributed by atoms with Gasteiger partial charge in [0, 0.05) is 57.4 Å². The van der Waals surface area contributed by atoms with Gasteiger partial charge in [0.2, 0.25) is 5.91 Å². The Bertz CT molecular complexity index is 1230. The van der Waals surface area contributed by atoms with Gasteiger partial charge < -0.3 is 25.2 Å². The number of benzene rings is 1. The van der Waals surface area contributed by atoms with Crippen LogP contribution in [0.3, 0.4) is 0 Å². The van der Waals surface area contributed by atoms with Crippen molar-refractivity contribution >= 4 is 28.8 Å². The van der Waals surface area contributed by atoms with Gasteiger partial charge in [0.15, 0.2) is 5.69 Å². The Labute approximate surface area is 244 Å². The number of hydrogen-bond acceptors (Lipinski definition) is 7. The molecule has 1 aromatic carbocycles. The molecule has 4 heterocycles. The molecule has 1 amide bonds. The second-order valence-electron chi connectivity index (χ2n) is 11.1. The number of piperidine rings is 2. The lowest BCUT2D eigenvalue weighted by molar-refractivity contribution is -0.136. The summed E-state index contributed by atoms with van der Waals surface area (Å²) in [6.07, 6.45) is 0.797. The normalized spacial score (nSPS) is 19.5. The average Bonchev–Trinajstić information content (AvgIpc) is 3.02.